The highest BCUT2D eigenvalue weighted by Crippen LogP contribution is 2.45. The van der Waals surface area contributed by atoms with Crippen LogP contribution in [0.15, 0.2) is 64.8 Å². The van der Waals surface area contributed by atoms with Gasteiger partial charge in [-0.3, -0.25) is 14.9 Å². The Morgan fingerprint density at radius 2 is 1.97 bits per heavy atom. The predicted molar refractivity (Wildman–Crippen MR) is 116 cm³/mol. The highest BCUT2D eigenvalue weighted by Gasteiger charge is 2.39. The number of rotatable bonds is 4. The zero-order chi connectivity index (χ0) is 22.3. The molecule has 0 saturated carbocycles. The monoisotopic (exact) mass is 438 g/mol. The van der Waals surface area contributed by atoms with Crippen molar-refractivity contribution in [3.8, 4) is 5.75 Å². The summed E-state index contributed by atoms with van der Waals surface area (Å²) in [5.41, 5.74) is 6.51. The molecule has 1 aromatic heterocycles. The van der Waals surface area contributed by atoms with E-state index in [4.69, 9.17) is 15.2 Å². The van der Waals surface area contributed by atoms with Crippen molar-refractivity contribution in [2.45, 2.75) is 25.9 Å². The molecule has 31 heavy (non-hydrogen) atoms. The van der Waals surface area contributed by atoms with E-state index in [1.54, 1.807) is 44.2 Å². The first-order valence-corrected chi connectivity index (χ1v) is 10.3. The number of nitrogens with two attached hydrogens (primary N) is 1. The first-order valence-electron chi connectivity index (χ1n) is 9.46. The Labute approximate surface area is 180 Å². The van der Waals surface area contributed by atoms with Crippen LogP contribution in [0.4, 0.5) is 5.69 Å². The summed E-state index contributed by atoms with van der Waals surface area (Å²) in [6.45, 7) is 3.37. The van der Waals surface area contributed by atoms with Gasteiger partial charge in [-0.25, -0.2) is 4.79 Å². The summed E-state index contributed by atoms with van der Waals surface area (Å²) in [5.74, 6) is -1.67. The van der Waals surface area contributed by atoms with E-state index in [-0.39, 0.29) is 33.2 Å². The maximum absolute atomic E-state index is 13.2. The Bertz CT molecular complexity index is 1310. The lowest BCUT2D eigenvalue weighted by atomic mass is 9.83. The molecule has 158 valence electrons. The fourth-order valence-electron chi connectivity index (χ4n) is 3.59. The van der Waals surface area contributed by atoms with E-state index in [1.165, 1.54) is 18.2 Å². The zero-order valence-corrected chi connectivity index (χ0v) is 17.5. The van der Waals surface area contributed by atoms with Gasteiger partial charge in [0.1, 0.15) is 11.3 Å². The Morgan fingerprint density at radius 3 is 2.68 bits per heavy atom. The summed E-state index contributed by atoms with van der Waals surface area (Å²) in [4.78, 5) is 36.9. The minimum Gasteiger partial charge on any atom is -0.459 e. The van der Waals surface area contributed by atoms with Crippen LogP contribution >= 0.6 is 11.3 Å². The van der Waals surface area contributed by atoms with Crippen LogP contribution in [0.1, 0.15) is 30.9 Å². The molecular weight excluding hydrogens is 420 g/mol. The summed E-state index contributed by atoms with van der Waals surface area (Å²) in [5, 5.41) is 12.0. The molecule has 0 unspecified atom stereocenters. The number of hydrogen-bond donors (Lipinski definition) is 1. The van der Waals surface area contributed by atoms with Crippen molar-refractivity contribution < 1.29 is 19.2 Å². The molecular formula is C22H18N2O6S. The molecule has 4 rings (SSSR count). The summed E-state index contributed by atoms with van der Waals surface area (Å²) >= 11 is 1.01. The molecule has 0 aliphatic carbocycles. The number of ether oxygens (including phenoxy) is 2. The van der Waals surface area contributed by atoms with Crippen LogP contribution in [0.5, 0.6) is 5.75 Å². The topological polar surface area (TPSA) is 122 Å². The van der Waals surface area contributed by atoms with Crippen molar-refractivity contribution in [2.24, 2.45) is 5.73 Å². The van der Waals surface area contributed by atoms with Crippen LogP contribution in [0.2, 0.25) is 0 Å². The SMILES string of the molecule is CC(C)OC(=O)C1=C(N)Oc2c(c(=O)sc3ccccc23)[C@H]1c1cccc([N+](=O)[O-])c1. The average Bonchev–Trinajstić information content (AvgIpc) is 2.72. The molecule has 0 spiro atoms. The Kier molecular flexibility index (Phi) is 5.20. The molecule has 0 radical (unpaired) electrons. The third kappa shape index (κ3) is 3.64. The lowest BCUT2D eigenvalue weighted by molar-refractivity contribution is -0.384. The van der Waals surface area contributed by atoms with E-state index in [2.05, 4.69) is 0 Å². The highest BCUT2D eigenvalue weighted by atomic mass is 32.1. The number of fused-ring (bicyclic) bond motifs is 3. The smallest absolute Gasteiger partial charge is 0.340 e. The van der Waals surface area contributed by atoms with Crippen molar-refractivity contribution >= 4 is 33.1 Å². The molecule has 2 aromatic carbocycles. The van der Waals surface area contributed by atoms with Crippen LogP contribution < -0.4 is 15.2 Å². The number of nitrogens with zero attached hydrogens (tertiary/aromatic N) is 1. The van der Waals surface area contributed by atoms with Gasteiger partial charge >= 0.3 is 5.97 Å². The first-order chi connectivity index (χ1) is 14.8. The van der Waals surface area contributed by atoms with E-state index in [0.29, 0.717) is 15.6 Å². The van der Waals surface area contributed by atoms with Gasteiger partial charge in [-0.15, -0.1) is 0 Å². The molecule has 0 saturated heterocycles. The number of non-ortho nitro benzene ring substituents is 1. The van der Waals surface area contributed by atoms with Gasteiger partial charge in [0.05, 0.1) is 22.5 Å². The number of hydrogen-bond acceptors (Lipinski definition) is 8. The van der Waals surface area contributed by atoms with Crippen LogP contribution in [0.3, 0.4) is 0 Å². The van der Waals surface area contributed by atoms with Gasteiger partial charge in [0.15, 0.2) is 0 Å². The number of benzene rings is 2. The van der Waals surface area contributed by atoms with Crippen molar-refractivity contribution in [1.82, 2.24) is 0 Å². The molecule has 0 bridgehead atoms. The third-order valence-electron chi connectivity index (χ3n) is 4.83. The fraction of sp³-hybridized carbons (Fsp3) is 0.182. The van der Waals surface area contributed by atoms with E-state index in [0.717, 1.165) is 11.3 Å². The predicted octanol–water partition coefficient (Wildman–Crippen LogP) is 3.82. The lowest BCUT2D eigenvalue weighted by Crippen LogP contribution is -2.31. The maximum Gasteiger partial charge on any atom is 0.340 e. The Balaban J connectivity index is 2.03. The first kappa shape index (κ1) is 20.5. The summed E-state index contributed by atoms with van der Waals surface area (Å²) in [7, 11) is 0. The molecule has 1 aliphatic heterocycles. The summed E-state index contributed by atoms with van der Waals surface area (Å²) in [6, 6.07) is 13.0. The zero-order valence-electron chi connectivity index (χ0n) is 16.7. The number of nitro benzene ring substituents is 1. The second-order valence-electron chi connectivity index (χ2n) is 7.25. The molecule has 1 atom stereocenters. The van der Waals surface area contributed by atoms with Gasteiger partial charge in [-0.1, -0.05) is 35.6 Å². The largest absolute Gasteiger partial charge is 0.459 e. The van der Waals surface area contributed by atoms with Crippen molar-refractivity contribution in [3.05, 3.63) is 90.8 Å². The van der Waals surface area contributed by atoms with Crippen LogP contribution in [-0.2, 0) is 9.53 Å². The molecule has 0 fully saturated rings. The fourth-order valence-corrected chi connectivity index (χ4v) is 4.53. The van der Waals surface area contributed by atoms with Gasteiger partial charge in [-0.2, -0.15) is 0 Å². The Morgan fingerprint density at radius 1 is 1.23 bits per heavy atom. The van der Waals surface area contributed by atoms with E-state index < -0.39 is 22.9 Å². The second-order valence-corrected chi connectivity index (χ2v) is 8.26. The van der Waals surface area contributed by atoms with Crippen LogP contribution in [0.25, 0.3) is 10.1 Å². The third-order valence-corrected chi connectivity index (χ3v) is 5.81. The van der Waals surface area contributed by atoms with Gasteiger partial charge in [-0.05, 0) is 31.5 Å². The summed E-state index contributed by atoms with van der Waals surface area (Å²) in [6.07, 6.45) is -0.439. The van der Waals surface area contributed by atoms with Gasteiger partial charge in [0.25, 0.3) is 5.69 Å². The van der Waals surface area contributed by atoms with Gasteiger partial charge in [0.2, 0.25) is 10.6 Å². The Hall–Kier alpha value is -3.72. The van der Waals surface area contributed by atoms with Gasteiger partial charge < -0.3 is 15.2 Å². The number of esters is 1. The minimum atomic E-state index is -0.969. The summed E-state index contributed by atoms with van der Waals surface area (Å²) < 4.78 is 11.5. The number of carbonyl (C=O) groups excluding carboxylic acids is 1. The average molecular weight is 438 g/mol. The highest BCUT2D eigenvalue weighted by molar-refractivity contribution is 7.16. The van der Waals surface area contributed by atoms with Gasteiger partial charge in [0, 0.05) is 22.2 Å². The van der Waals surface area contributed by atoms with Crippen molar-refractivity contribution in [3.63, 3.8) is 0 Å². The molecule has 3 aromatic rings. The second kappa shape index (κ2) is 7.84. The van der Waals surface area contributed by atoms with E-state index in [9.17, 15) is 19.7 Å². The number of nitro groups is 1. The van der Waals surface area contributed by atoms with E-state index in [1.807, 2.05) is 0 Å². The molecule has 1 aliphatic rings. The standard InChI is InChI=1S/C22H18N2O6S/c1-11(2)29-21(25)18-16(12-6-5-7-13(10-12)24(27)28)17-19(30-20(18)23)14-8-3-4-9-15(14)31-22(17)26/h3-11,16H,23H2,1-2H3/t16-/m1/s1. The lowest BCUT2D eigenvalue weighted by Gasteiger charge is -2.28. The van der Waals surface area contributed by atoms with Crippen molar-refractivity contribution in [2.75, 3.05) is 0 Å². The molecule has 8 nitrogen and oxygen atoms in total. The van der Waals surface area contributed by atoms with E-state index >= 15 is 0 Å². The van der Waals surface area contributed by atoms with Crippen LogP contribution in [0, 0.1) is 10.1 Å². The van der Waals surface area contributed by atoms with Crippen LogP contribution in [-0.4, -0.2) is 17.0 Å². The normalized spacial score (nSPS) is 15.5. The van der Waals surface area contributed by atoms with Crippen molar-refractivity contribution in [1.29, 1.82) is 0 Å². The quantitative estimate of drug-likeness (QED) is 0.373. The molecule has 2 heterocycles. The number of carbonyl (C=O) groups is 1. The maximum atomic E-state index is 13.2. The molecule has 9 heteroatoms. The molecule has 0 amide bonds. The minimum absolute atomic E-state index is 0.0544. The molecule has 2 N–H and O–H groups in total.